The van der Waals surface area contributed by atoms with Crippen LogP contribution in [-0.2, 0) is 4.79 Å². The van der Waals surface area contributed by atoms with Gasteiger partial charge in [-0.1, -0.05) is 6.42 Å². The normalized spacial score (nSPS) is 20.7. The smallest absolute Gasteiger partial charge is 0.306 e. The van der Waals surface area contributed by atoms with E-state index < -0.39 is 16.8 Å². The molecule has 1 aromatic carbocycles. The van der Waals surface area contributed by atoms with Crippen LogP contribution < -0.4 is 5.32 Å². The predicted octanol–water partition coefficient (Wildman–Crippen LogP) is 2.38. The molecule has 0 heterocycles. The Balaban J connectivity index is 2.14. The summed E-state index contributed by atoms with van der Waals surface area (Å²) in [5, 5.41) is 31.9. The highest BCUT2D eigenvalue weighted by atomic mass is 16.6. The molecule has 0 aliphatic heterocycles. The molecule has 1 fully saturated rings. The molecule has 2 atom stereocenters. The van der Waals surface area contributed by atoms with Gasteiger partial charge in [-0.25, -0.2) is 0 Å². The zero-order valence-electron chi connectivity index (χ0n) is 11.3. The van der Waals surface area contributed by atoms with E-state index in [-0.39, 0.29) is 17.3 Å². The number of benzene rings is 1. The second kappa shape index (κ2) is 6.22. The van der Waals surface area contributed by atoms with Gasteiger partial charge in [0.15, 0.2) is 0 Å². The average Bonchev–Trinajstić information content (AvgIpc) is 2.93. The fraction of sp³-hybridized carbons (Fsp3) is 0.429. The van der Waals surface area contributed by atoms with Crippen molar-refractivity contribution in [1.29, 1.82) is 5.26 Å². The summed E-state index contributed by atoms with van der Waals surface area (Å²) in [6.45, 7) is 0.354. The molecule has 7 nitrogen and oxygen atoms in total. The molecular weight excluding hydrogens is 274 g/mol. The third-order valence-corrected chi connectivity index (χ3v) is 3.85. The molecule has 1 aliphatic carbocycles. The maximum Gasteiger partial charge on any atom is 0.306 e. The number of rotatable bonds is 5. The number of hydrogen-bond donors (Lipinski definition) is 2. The number of nitro benzene ring substituents is 1. The lowest BCUT2D eigenvalue weighted by Gasteiger charge is -2.17. The first kappa shape index (κ1) is 14.8. The highest BCUT2D eigenvalue weighted by Gasteiger charge is 2.32. The van der Waals surface area contributed by atoms with E-state index in [0.29, 0.717) is 18.5 Å². The van der Waals surface area contributed by atoms with E-state index in [2.05, 4.69) is 5.32 Å². The summed E-state index contributed by atoms with van der Waals surface area (Å²) in [6.07, 6.45) is 2.28. The largest absolute Gasteiger partial charge is 0.481 e. The van der Waals surface area contributed by atoms with Crippen LogP contribution in [-0.4, -0.2) is 22.5 Å². The summed E-state index contributed by atoms with van der Waals surface area (Å²) < 4.78 is 0. The lowest BCUT2D eigenvalue weighted by Crippen LogP contribution is -2.24. The molecule has 0 amide bonds. The number of carboxylic acid groups (broad SMARTS) is 1. The monoisotopic (exact) mass is 289 g/mol. The number of nitro groups is 1. The van der Waals surface area contributed by atoms with E-state index in [9.17, 15) is 14.9 Å². The second-order valence-corrected chi connectivity index (χ2v) is 5.12. The molecule has 0 spiro atoms. The number of hydrogen-bond acceptors (Lipinski definition) is 5. The van der Waals surface area contributed by atoms with E-state index in [1.807, 2.05) is 6.07 Å². The van der Waals surface area contributed by atoms with Crippen LogP contribution in [0.4, 0.5) is 11.4 Å². The van der Waals surface area contributed by atoms with E-state index in [1.165, 1.54) is 18.2 Å². The van der Waals surface area contributed by atoms with Crippen molar-refractivity contribution in [2.24, 2.45) is 11.8 Å². The summed E-state index contributed by atoms with van der Waals surface area (Å²) in [5.41, 5.74) is 0.471. The maximum atomic E-state index is 11.1. The van der Waals surface area contributed by atoms with Crippen molar-refractivity contribution in [1.82, 2.24) is 0 Å². The molecule has 7 heteroatoms. The summed E-state index contributed by atoms with van der Waals surface area (Å²) in [4.78, 5) is 21.6. The fourth-order valence-electron chi connectivity index (χ4n) is 2.75. The molecule has 110 valence electrons. The van der Waals surface area contributed by atoms with Gasteiger partial charge in [0.25, 0.3) is 5.69 Å². The molecule has 0 saturated heterocycles. The van der Waals surface area contributed by atoms with E-state index in [0.717, 1.165) is 12.8 Å². The summed E-state index contributed by atoms with van der Waals surface area (Å²) in [6, 6.07) is 6.02. The molecule has 2 rings (SSSR count). The predicted molar refractivity (Wildman–Crippen MR) is 74.8 cm³/mol. The molecule has 1 aromatic rings. The maximum absolute atomic E-state index is 11.1. The van der Waals surface area contributed by atoms with Crippen molar-refractivity contribution in [3.63, 3.8) is 0 Å². The standard InChI is InChI=1S/C14H15N3O4/c15-7-9-4-5-13(17(20)21)12(6-9)16-8-10-2-1-3-11(10)14(18)19/h4-6,10-11,16H,1-3,8H2,(H,18,19). The Morgan fingerprint density at radius 1 is 1.52 bits per heavy atom. The van der Waals surface area contributed by atoms with Gasteiger partial charge < -0.3 is 10.4 Å². The zero-order chi connectivity index (χ0) is 15.4. The Hall–Kier alpha value is -2.62. The Labute approximate surface area is 121 Å². The molecule has 2 unspecified atom stereocenters. The van der Waals surface area contributed by atoms with Crippen LogP contribution in [0.25, 0.3) is 0 Å². The first-order chi connectivity index (χ1) is 10.0. The zero-order valence-corrected chi connectivity index (χ0v) is 11.3. The van der Waals surface area contributed by atoms with Crippen LogP contribution in [0.1, 0.15) is 24.8 Å². The molecule has 21 heavy (non-hydrogen) atoms. The van der Waals surface area contributed by atoms with Crippen molar-refractivity contribution in [2.75, 3.05) is 11.9 Å². The second-order valence-electron chi connectivity index (χ2n) is 5.12. The topological polar surface area (TPSA) is 116 Å². The number of anilines is 1. The van der Waals surface area contributed by atoms with Gasteiger partial charge >= 0.3 is 5.97 Å². The Bertz CT molecular complexity index is 609. The minimum absolute atomic E-state index is 0.0483. The number of nitrogens with one attached hydrogen (secondary N) is 1. The molecule has 0 radical (unpaired) electrons. The van der Waals surface area contributed by atoms with Gasteiger partial charge in [-0.15, -0.1) is 0 Å². The van der Waals surface area contributed by atoms with Gasteiger partial charge in [0, 0.05) is 12.6 Å². The quantitative estimate of drug-likeness (QED) is 0.635. The van der Waals surface area contributed by atoms with Crippen LogP contribution >= 0.6 is 0 Å². The van der Waals surface area contributed by atoms with Crippen molar-refractivity contribution in [3.8, 4) is 6.07 Å². The van der Waals surface area contributed by atoms with Crippen molar-refractivity contribution in [2.45, 2.75) is 19.3 Å². The van der Waals surface area contributed by atoms with Gasteiger partial charge in [-0.05, 0) is 30.9 Å². The molecule has 0 aromatic heterocycles. The minimum atomic E-state index is -0.820. The number of carboxylic acids is 1. The number of nitriles is 1. The van der Waals surface area contributed by atoms with Gasteiger partial charge in [-0.3, -0.25) is 14.9 Å². The molecule has 1 aliphatic rings. The molecule has 2 N–H and O–H groups in total. The van der Waals surface area contributed by atoms with Crippen molar-refractivity contribution >= 4 is 17.3 Å². The van der Waals surface area contributed by atoms with Gasteiger partial charge in [0.05, 0.1) is 22.5 Å². The average molecular weight is 289 g/mol. The Morgan fingerprint density at radius 3 is 2.90 bits per heavy atom. The Kier molecular flexibility index (Phi) is 4.38. The van der Waals surface area contributed by atoms with Crippen molar-refractivity contribution < 1.29 is 14.8 Å². The van der Waals surface area contributed by atoms with Crippen LogP contribution in [0.15, 0.2) is 18.2 Å². The number of aliphatic carboxylic acids is 1. The summed E-state index contributed by atoms with van der Waals surface area (Å²) in [7, 11) is 0. The third kappa shape index (κ3) is 3.28. The molecule has 0 bridgehead atoms. The summed E-state index contributed by atoms with van der Waals surface area (Å²) >= 11 is 0. The minimum Gasteiger partial charge on any atom is -0.481 e. The number of carbonyl (C=O) groups is 1. The fourth-order valence-corrected chi connectivity index (χ4v) is 2.75. The van der Waals surface area contributed by atoms with Crippen LogP contribution in [0.2, 0.25) is 0 Å². The highest BCUT2D eigenvalue weighted by Crippen LogP contribution is 2.33. The first-order valence-electron chi connectivity index (χ1n) is 6.68. The third-order valence-electron chi connectivity index (χ3n) is 3.85. The van der Waals surface area contributed by atoms with Crippen molar-refractivity contribution in [3.05, 3.63) is 33.9 Å². The van der Waals surface area contributed by atoms with Gasteiger partial charge in [0.1, 0.15) is 5.69 Å². The SMILES string of the molecule is N#Cc1ccc([N+](=O)[O-])c(NCC2CCCC2C(=O)O)c1. The van der Waals surface area contributed by atoms with Crippen LogP contribution in [0.5, 0.6) is 0 Å². The Morgan fingerprint density at radius 2 is 2.29 bits per heavy atom. The van der Waals surface area contributed by atoms with Crippen LogP contribution in [0, 0.1) is 33.3 Å². The molecular formula is C14H15N3O4. The van der Waals surface area contributed by atoms with E-state index in [4.69, 9.17) is 10.4 Å². The van der Waals surface area contributed by atoms with Crippen LogP contribution in [0.3, 0.4) is 0 Å². The lowest BCUT2D eigenvalue weighted by atomic mass is 9.96. The van der Waals surface area contributed by atoms with E-state index in [1.54, 1.807) is 0 Å². The lowest BCUT2D eigenvalue weighted by molar-refractivity contribution is -0.384. The number of nitrogens with zero attached hydrogens (tertiary/aromatic N) is 2. The first-order valence-corrected chi connectivity index (χ1v) is 6.68. The van der Waals surface area contributed by atoms with Gasteiger partial charge in [0.2, 0.25) is 0 Å². The summed E-state index contributed by atoms with van der Waals surface area (Å²) in [5.74, 6) is -1.27. The highest BCUT2D eigenvalue weighted by molar-refractivity contribution is 5.71. The van der Waals surface area contributed by atoms with Gasteiger partial charge in [-0.2, -0.15) is 5.26 Å². The van der Waals surface area contributed by atoms with E-state index >= 15 is 0 Å². The molecule has 1 saturated carbocycles.